The van der Waals surface area contributed by atoms with Gasteiger partial charge in [-0.1, -0.05) is 12.1 Å². The van der Waals surface area contributed by atoms with Gasteiger partial charge in [-0.2, -0.15) is 0 Å². The molecule has 0 amide bonds. The van der Waals surface area contributed by atoms with Crippen molar-refractivity contribution in [2.75, 3.05) is 20.0 Å². The fourth-order valence-electron chi connectivity index (χ4n) is 0.996. The van der Waals surface area contributed by atoms with E-state index in [0.29, 0.717) is 0 Å². The Labute approximate surface area is 88.2 Å². The summed E-state index contributed by atoms with van der Waals surface area (Å²) in [5.41, 5.74) is 0. The summed E-state index contributed by atoms with van der Waals surface area (Å²) in [7, 11) is -1.18. The van der Waals surface area contributed by atoms with Crippen LogP contribution >= 0.6 is 7.26 Å². The average molecular weight is 233 g/mol. The minimum absolute atomic E-state index is 0.0617. The second-order valence-corrected chi connectivity index (χ2v) is 8.19. The summed E-state index contributed by atoms with van der Waals surface area (Å²) in [5.74, 6) is -0.0617. The topological polar surface area (TPSA) is 66.2 Å². The van der Waals surface area contributed by atoms with Crippen molar-refractivity contribution in [1.82, 2.24) is 0 Å². The molecule has 84 valence electrons. The predicted octanol–water partition coefficient (Wildman–Crippen LogP) is 2.12. The smallest absolute Gasteiger partial charge is 0.165 e. The molecule has 1 aromatic carbocycles. The number of nitrogens with zero attached hydrogens (tertiary/aromatic N) is 1. The number of halogens is 1. The normalized spacial score (nSPS) is 10.1. The maximum absolute atomic E-state index is 13.1. The molecule has 0 heterocycles. The first-order valence-electron chi connectivity index (χ1n) is 4.13. The van der Waals surface area contributed by atoms with E-state index in [1.54, 1.807) is 6.07 Å². The first-order valence-corrected chi connectivity index (χ1v) is 7.26. The van der Waals surface area contributed by atoms with Crippen LogP contribution in [-0.4, -0.2) is 25.1 Å². The van der Waals surface area contributed by atoms with Crippen molar-refractivity contribution in [3.63, 3.8) is 0 Å². The van der Waals surface area contributed by atoms with E-state index in [1.165, 1.54) is 6.07 Å². The number of benzene rings is 1. The molecule has 4 nitrogen and oxygen atoms in total. The lowest BCUT2D eigenvalue weighted by molar-refractivity contribution is -0.402. The van der Waals surface area contributed by atoms with Crippen LogP contribution in [0.1, 0.15) is 0 Å². The van der Waals surface area contributed by atoms with Gasteiger partial charge in [0.1, 0.15) is 5.30 Å². The standard InChI is InChI=1S/C9H13FP.NO3/c1-11(2,3)9-7-5-4-6-8(9)10;2-1(3)4/h4-7H,1-3H3;/q+1;-1. The Hall–Kier alpha value is -1.22. The second-order valence-electron chi connectivity index (χ2n) is 3.69. The van der Waals surface area contributed by atoms with Crippen LogP contribution in [0.3, 0.4) is 0 Å². The highest BCUT2D eigenvalue weighted by atomic mass is 31.2. The Balaban J connectivity index is 0.000000423. The summed E-state index contributed by atoms with van der Waals surface area (Å²) in [5, 5.41) is 15.6. The Kier molecular flexibility index (Phi) is 5.15. The van der Waals surface area contributed by atoms with Crippen molar-refractivity contribution in [2.45, 2.75) is 0 Å². The fourth-order valence-corrected chi connectivity index (χ4v) is 2.24. The van der Waals surface area contributed by atoms with Gasteiger partial charge in [0.15, 0.2) is 5.82 Å². The number of rotatable bonds is 1. The van der Waals surface area contributed by atoms with E-state index in [2.05, 4.69) is 20.0 Å². The lowest BCUT2D eigenvalue weighted by atomic mass is 10.3. The van der Waals surface area contributed by atoms with Gasteiger partial charge in [0.2, 0.25) is 0 Å². The molecular weight excluding hydrogens is 220 g/mol. The van der Waals surface area contributed by atoms with Gasteiger partial charge in [-0.25, -0.2) is 4.39 Å². The van der Waals surface area contributed by atoms with Gasteiger partial charge in [0, 0.05) is 7.26 Å². The molecule has 0 saturated carbocycles. The monoisotopic (exact) mass is 233 g/mol. The van der Waals surface area contributed by atoms with E-state index in [9.17, 15) is 4.39 Å². The Morgan fingerprint density at radius 2 is 1.60 bits per heavy atom. The third-order valence-electron chi connectivity index (χ3n) is 1.58. The first-order chi connectivity index (χ1) is 6.75. The van der Waals surface area contributed by atoms with Crippen molar-refractivity contribution < 1.29 is 9.48 Å². The molecule has 0 aliphatic heterocycles. The second kappa shape index (κ2) is 5.61. The molecule has 0 radical (unpaired) electrons. The lowest BCUT2D eigenvalue weighted by Gasteiger charge is -2.11. The van der Waals surface area contributed by atoms with Gasteiger partial charge in [-0.15, -0.1) is 0 Å². The maximum Gasteiger partial charge on any atom is 0.165 e. The van der Waals surface area contributed by atoms with Crippen molar-refractivity contribution in [3.05, 3.63) is 45.4 Å². The number of hydrogen-bond acceptors (Lipinski definition) is 3. The molecule has 0 aliphatic carbocycles. The van der Waals surface area contributed by atoms with Crippen molar-refractivity contribution in [3.8, 4) is 0 Å². The highest BCUT2D eigenvalue weighted by Gasteiger charge is 2.24. The molecule has 0 saturated heterocycles. The summed E-state index contributed by atoms with van der Waals surface area (Å²) < 4.78 is 13.1. The van der Waals surface area contributed by atoms with Crippen LogP contribution in [0, 0.1) is 21.1 Å². The molecule has 0 aromatic heterocycles. The number of hydrogen-bond donors (Lipinski definition) is 0. The van der Waals surface area contributed by atoms with Gasteiger partial charge in [0.05, 0.1) is 25.1 Å². The molecule has 0 N–H and O–H groups in total. The summed E-state index contributed by atoms with van der Waals surface area (Å²) in [6.45, 7) is 6.35. The van der Waals surface area contributed by atoms with Crippen LogP contribution in [-0.2, 0) is 0 Å². The van der Waals surface area contributed by atoms with E-state index in [-0.39, 0.29) is 5.82 Å². The van der Waals surface area contributed by atoms with E-state index < -0.39 is 12.3 Å². The third kappa shape index (κ3) is 5.96. The Morgan fingerprint density at radius 1 is 1.20 bits per heavy atom. The SMILES string of the molecule is C[P+](C)(C)c1ccccc1F.O=[N+]([O-])[O-]. The van der Waals surface area contributed by atoms with E-state index in [1.807, 2.05) is 12.1 Å². The maximum atomic E-state index is 13.1. The lowest BCUT2D eigenvalue weighted by Crippen LogP contribution is -2.11. The zero-order valence-electron chi connectivity index (χ0n) is 8.81. The van der Waals surface area contributed by atoms with Gasteiger partial charge in [-0.05, 0) is 12.1 Å². The molecule has 1 aromatic rings. The molecule has 6 heteroatoms. The largest absolute Gasteiger partial charge is 0.356 e. The minimum atomic E-state index is -1.75. The first kappa shape index (κ1) is 13.8. The van der Waals surface area contributed by atoms with Crippen LogP contribution in [0.5, 0.6) is 0 Å². The molecule has 0 atom stereocenters. The van der Waals surface area contributed by atoms with E-state index >= 15 is 0 Å². The molecule has 15 heavy (non-hydrogen) atoms. The molecule has 0 fully saturated rings. The van der Waals surface area contributed by atoms with Crippen LogP contribution in [0.25, 0.3) is 0 Å². The van der Waals surface area contributed by atoms with Crippen molar-refractivity contribution >= 4 is 12.6 Å². The van der Waals surface area contributed by atoms with Crippen LogP contribution in [0.15, 0.2) is 24.3 Å². The Morgan fingerprint density at radius 3 is 1.87 bits per heavy atom. The molecule has 0 aliphatic rings. The van der Waals surface area contributed by atoms with Gasteiger partial charge >= 0.3 is 0 Å². The average Bonchev–Trinajstić information content (AvgIpc) is 2.01. The van der Waals surface area contributed by atoms with Crippen LogP contribution in [0.2, 0.25) is 0 Å². The zero-order chi connectivity index (χ0) is 12.1. The predicted molar refractivity (Wildman–Crippen MR) is 61.1 cm³/mol. The van der Waals surface area contributed by atoms with Crippen LogP contribution in [0.4, 0.5) is 4.39 Å². The zero-order valence-corrected chi connectivity index (χ0v) is 9.70. The molecule has 0 bridgehead atoms. The summed E-state index contributed by atoms with van der Waals surface area (Å²) in [4.78, 5) is 8.25. The third-order valence-corrected chi connectivity index (χ3v) is 3.38. The van der Waals surface area contributed by atoms with Gasteiger partial charge in [0.25, 0.3) is 0 Å². The molecule has 0 unspecified atom stereocenters. The quantitative estimate of drug-likeness (QED) is 0.424. The van der Waals surface area contributed by atoms with Crippen molar-refractivity contribution in [1.29, 1.82) is 0 Å². The van der Waals surface area contributed by atoms with Gasteiger partial charge in [-0.3, -0.25) is 0 Å². The van der Waals surface area contributed by atoms with E-state index in [0.717, 1.165) is 5.30 Å². The molecular formula is C9H13FNO3P. The van der Waals surface area contributed by atoms with Crippen molar-refractivity contribution in [2.24, 2.45) is 0 Å². The van der Waals surface area contributed by atoms with Gasteiger partial charge < -0.3 is 15.3 Å². The van der Waals surface area contributed by atoms with E-state index in [4.69, 9.17) is 15.3 Å². The minimum Gasteiger partial charge on any atom is -0.356 e. The summed E-state index contributed by atoms with van der Waals surface area (Å²) in [6, 6.07) is 7.03. The summed E-state index contributed by atoms with van der Waals surface area (Å²) in [6.07, 6.45) is 0. The summed E-state index contributed by atoms with van der Waals surface area (Å²) >= 11 is 0. The highest BCUT2D eigenvalue weighted by Crippen LogP contribution is 2.45. The highest BCUT2D eigenvalue weighted by molar-refractivity contribution is 7.80. The Bertz CT molecular complexity index is 334. The van der Waals surface area contributed by atoms with Crippen LogP contribution < -0.4 is 5.30 Å². The fraction of sp³-hybridized carbons (Fsp3) is 0.333. The molecule has 1 rings (SSSR count). The molecule has 0 spiro atoms.